The standard InChI is InChI=1S/C15H16N4O/c1-11-7-9-19-13(17-18-15(19)14(11)16)8-10-20-12-5-3-2-4-6-12/h2-7,9H,8,10,16H2,1H3. The van der Waals surface area contributed by atoms with Crippen LogP contribution in [-0.2, 0) is 6.42 Å². The average molecular weight is 268 g/mol. The van der Waals surface area contributed by atoms with Crippen molar-refractivity contribution < 1.29 is 4.74 Å². The van der Waals surface area contributed by atoms with Gasteiger partial charge in [0.15, 0.2) is 5.65 Å². The van der Waals surface area contributed by atoms with Crippen molar-refractivity contribution in [1.29, 1.82) is 0 Å². The third kappa shape index (κ3) is 2.30. The van der Waals surface area contributed by atoms with Crippen LogP contribution in [0.5, 0.6) is 5.75 Å². The number of aromatic nitrogens is 3. The van der Waals surface area contributed by atoms with Crippen LogP contribution in [0.15, 0.2) is 42.6 Å². The Balaban J connectivity index is 1.74. The molecule has 5 heteroatoms. The first kappa shape index (κ1) is 12.5. The summed E-state index contributed by atoms with van der Waals surface area (Å²) < 4.78 is 7.58. The van der Waals surface area contributed by atoms with Crippen molar-refractivity contribution in [2.24, 2.45) is 0 Å². The molecule has 3 rings (SSSR count). The van der Waals surface area contributed by atoms with Gasteiger partial charge in [-0.25, -0.2) is 0 Å². The highest BCUT2D eigenvalue weighted by Crippen LogP contribution is 2.17. The molecule has 0 bridgehead atoms. The maximum absolute atomic E-state index is 6.00. The van der Waals surface area contributed by atoms with Crippen LogP contribution < -0.4 is 10.5 Å². The van der Waals surface area contributed by atoms with Gasteiger partial charge in [-0.2, -0.15) is 0 Å². The minimum Gasteiger partial charge on any atom is -0.493 e. The predicted molar refractivity (Wildman–Crippen MR) is 77.8 cm³/mol. The Morgan fingerprint density at radius 1 is 1.15 bits per heavy atom. The van der Waals surface area contributed by atoms with Crippen LogP contribution in [0, 0.1) is 6.92 Å². The molecule has 0 saturated heterocycles. The Labute approximate surface area is 117 Å². The number of pyridine rings is 1. The molecule has 102 valence electrons. The number of hydrogen-bond acceptors (Lipinski definition) is 4. The largest absolute Gasteiger partial charge is 0.493 e. The molecule has 0 aliphatic rings. The highest BCUT2D eigenvalue weighted by Gasteiger charge is 2.09. The zero-order valence-electron chi connectivity index (χ0n) is 11.3. The lowest BCUT2D eigenvalue weighted by Crippen LogP contribution is -2.05. The van der Waals surface area contributed by atoms with E-state index >= 15 is 0 Å². The van der Waals surface area contributed by atoms with Gasteiger partial charge < -0.3 is 10.5 Å². The quantitative estimate of drug-likeness (QED) is 0.788. The van der Waals surface area contributed by atoms with Gasteiger partial charge in [0.2, 0.25) is 0 Å². The van der Waals surface area contributed by atoms with Crippen molar-refractivity contribution in [3.63, 3.8) is 0 Å². The number of rotatable bonds is 4. The van der Waals surface area contributed by atoms with Crippen LogP contribution in [0.4, 0.5) is 5.69 Å². The third-order valence-electron chi connectivity index (χ3n) is 3.24. The predicted octanol–water partition coefficient (Wildman–Crippen LogP) is 2.24. The summed E-state index contributed by atoms with van der Waals surface area (Å²) in [7, 11) is 0. The van der Waals surface area contributed by atoms with Gasteiger partial charge >= 0.3 is 0 Å². The normalized spacial score (nSPS) is 10.8. The molecule has 3 aromatic rings. The number of fused-ring (bicyclic) bond motifs is 1. The number of aryl methyl sites for hydroxylation is 1. The van der Waals surface area contributed by atoms with E-state index in [1.165, 1.54) is 0 Å². The highest BCUT2D eigenvalue weighted by molar-refractivity contribution is 5.68. The molecule has 0 aliphatic carbocycles. The van der Waals surface area contributed by atoms with Gasteiger partial charge in [0, 0.05) is 12.6 Å². The van der Waals surface area contributed by atoms with E-state index in [-0.39, 0.29) is 0 Å². The van der Waals surface area contributed by atoms with Crippen LogP contribution in [-0.4, -0.2) is 21.2 Å². The second-order valence-electron chi connectivity index (χ2n) is 4.63. The molecular weight excluding hydrogens is 252 g/mol. The molecule has 0 aliphatic heterocycles. The smallest absolute Gasteiger partial charge is 0.184 e. The van der Waals surface area contributed by atoms with Gasteiger partial charge in [0.05, 0.1) is 12.3 Å². The molecule has 2 heterocycles. The Morgan fingerprint density at radius 2 is 1.95 bits per heavy atom. The van der Waals surface area contributed by atoms with E-state index in [4.69, 9.17) is 10.5 Å². The lowest BCUT2D eigenvalue weighted by Gasteiger charge is -2.06. The van der Waals surface area contributed by atoms with Gasteiger partial charge in [-0.3, -0.25) is 4.40 Å². The summed E-state index contributed by atoms with van der Waals surface area (Å²) in [6, 6.07) is 11.7. The van der Waals surface area contributed by atoms with Crippen molar-refractivity contribution >= 4 is 11.3 Å². The van der Waals surface area contributed by atoms with Crippen LogP contribution in [0.25, 0.3) is 5.65 Å². The topological polar surface area (TPSA) is 65.4 Å². The molecule has 2 aromatic heterocycles. The van der Waals surface area contributed by atoms with E-state index in [9.17, 15) is 0 Å². The molecule has 20 heavy (non-hydrogen) atoms. The zero-order valence-corrected chi connectivity index (χ0v) is 11.3. The summed E-state index contributed by atoms with van der Waals surface area (Å²) in [6.07, 6.45) is 2.62. The Morgan fingerprint density at radius 3 is 2.75 bits per heavy atom. The fourth-order valence-electron chi connectivity index (χ4n) is 2.06. The summed E-state index contributed by atoms with van der Waals surface area (Å²) in [5.41, 5.74) is 8.39. The molecule has 0 saturated carbocycles. The summed E-state index contributed by atoms with van der Waals surface area (Å²) in [5.74, 6) is 1.71. The average Bonchev–Trinajstić information content (AvgIpc) is 2.88. The third-order valence-corrected chi connectivity index (χ3v) is 3.24. The summed E-state index contributed by atoms with van der Waals surface area (Å²) in [6.45, 7) is 2.51. The molecule has 0 spiro atoms. The first-order valence-electron chi connectivity index (χ1n) is 6.52. The minimum absolute atomic E-state index is 0.554. The van der Waals surface area contributed by atoms with Crippen LogP contribution in [0.2, 0.25) is 0 Å². The lowest BCUT2D eigenvalue weighted by atomic mass is 10.2. The Bertz CT molecular complexity index is 721. The highest BCUT2D eigenvalue weighted by atomic mass is 16.5. The fraction of sp³-hybridized carbons (Fsp3) is 0.200. The van der Waals surface area contributed by atoms with Gasteiger partial charge in [-0.05, 0) is 30.7 Å². The number of nitrogens with zero attached hydrogens (tertiary/aromatic N) is 3. The van der Waals surface area contributed by atoms with E-state index in [1.54, 1.807) is 0 Å². The van der Waals surface area contributed by atoms with Gasteiger partial charge in [0.1, 0.15) is 11.6 Å². The van der Waals surface area contributed by atoms with E-state index in [2.05, 4.69) is 10.2 Å². The summed E-state index contributed by atoms with van der Waals surface area (Å²) >= 11 is 0. The van der Waals surface area contributed by atoms with Crippen LogP contribution in [0.3, 0.4) is 0 Å². The van der Waals surface area contributed by atoms with Crippen LogP contribution >= 0.6 is 0 Å². The number of hydrogen-bond donors (Lipinski definition) is 1. The lowest BCUT2D eigenvalue weighted by molar-refractivity contribution is 0.318. The molecule has 5 nitrogen and oxygen atoms in total. The SMILES string of the molecule is Cc1ccn2c(CCOc3ccccc3)nnc2c1N. The Kier molecular flexibility index (Phi) is 3.25. The van der Waals surface area contributed by atoms with Gasteiger partial charge in [-0.1, -0.05) is 18.2 Å². The summed E-state index contributed by atoms with van der Waals surface area (Å²) in [5, 5.41) is 8.32. The fourth-order valence-corrected chi connectivity index (χ4v) is 2.06. The van der Waals surface area contributed by atoms with E-state index in [0.717, 1.165) is 17.1 Å². The van der Waals surface area contributed by atoms with Crippen molar-refractivity contribution in [3.05, 3.63) is 54.0 Å². The number of para-hydroxylation sites is 1. The molecule has 0 radical (unpaired) electrons. The van der Waals surface area contributed by atoms with Gasteiger partial charge in [-0.15, -0.1) is 10.2 Å². The zero-order chi connectivity index (χ0) is 13.9. The van der Waals surface area contributed by atoms with Crippen molar-refractivity contribution in [1.82, 2.24) is 14.6 Å². The first-order chi connectivity index (χ1) is 9.75. The molecular formula is C15H16N4O. The maximum Gasteiger partial charge on any atom is 0.184 e. The number of benzene rings is 1. The summed E-state index contributed by atoms with van der Waals surface area (Å²) in [4.78, 5) is 0. The molecule has 1 aromatic carbocycles. The van der Waals surface area contributed by atoms with E-state index in [0.29, 0.717) is 24.4 Å². The molecule has 0 unspecified atom stereocenters. The second-order valence-corrected chi connectivity index (χ2v) is 4.63. The Hall–Kier alpha value is -2.56. The second kappa shape index (κ2) is 5.21. The van der Waals surface area contributed by atoms with Crippen molar-refractivity contribution in [2.75, 3.05) is 12.3 Å². The maximum atomic E-state index is 6.00. The number of ether oxygens (including phenoxy) is 1. The minimum atomic E-state index is 0.554. The monoisotopic (exact) mass is 268 g/mol. The molecule has 0 atom stereocenters. The van der Waals surface area contributed by atoms with Crippen molar-refractivity contribution in [3.8, 4) is 5.75 Å². The van der Waals surface area contributed by atoms with Crippen molar-refractivity contribution in [2.45, 2.75) is 13.3 Å². The van der Waals surface area contributed by atoms with Gasteiger partial charge in [0.25, 0.3) is 0 Å². The van der Waals surface area contributed by atoms with E-state index in [1.807, 2.05) is 53.9 Å². The molecule has 2 N–H and O–H groups in total. The number of nitrogens with two attached hydrogens (primary N) is 1. The number of anilines is 1. The number of nitrogen functional groups attached to an aromatic ring is 1. The van der Waals surface area contributed by atoms with Crippen LogP contribution in [0.1, 0.15) is 11.4 Å². The molecule has 0 amide bonds. The molecule has 0 fully saturated rings. The first-order valence-corrected chi connectivity index (χ1v) is 6.52. The van der Waals surface area contributed by atoms with E-state index < -0.39 is 0 Å².